The average Bonchev–Trinajstić information content (AvgIpc) is 3.11. The third kappa shape index (κ3) is 3.23. The first kappa shape index (κ1) is 15.3. The zero-order chi connectivity index (χ0) is 15.7. The molecule has 2 aromatic heterocycles. The number of rotatable bonds is 3. The standard InChI is InChI=1S/C14H7BrF2N2OS2/c15-12-4-3-11(22-12)13(20)19-14-18-10(6-21-14)7-1-2-8(16)9(17)5-7/h1-6H,(H,18,19,20). The molecule has 0 radical (unpaired) electrons. The van der Waals surface area contributed by atoms with Gasteiger partial charge in [0.2, 0.25) is 0 Å². The molecule has 0 spiro atoms. The van der Waals surface area contributed by atoms with E-state index < -0.39 is 11.6 Å². The highest BCUT2D eigenvalue weighted by Gasteiger charge is 2.12. The molecule has 0 saturated carbocycles. The van der Waals surface area contributed by atoms with Crippen molar-refractivity contribution in [3.8, 4) is 11.3 Å². The summed E-state index contributed by atoms with van der Waals surface area (Å²) in [5.41, 5.74) is 0.932. The summed E-state index contributed by atoms with van der Waals surface area (Å²) in [4.78, 5) is 16.8. The Labute approximate surface area is 140 Å². The quantitative estimate of drug-likeness (QED) is 0.659. The van der Waals surface area contributed by atoms with Crippen LogP contribution in [-0.4, -0.2) is 10.9 Å². The van der Waals surface area contributed by atoms with E-state index >= 15 is 0 Å². The van der Waals surface area contributed by atoms with Gasteiger partial charge in [-0.2, -0.15) is 0 Å². The second-order valence-corrected chi connectivity index (χ2v) is 7.55. The first-order valence-corrected chi connectivity index (χ1v) is 8.49. The Balaban J connectivity index is 1.78. The number of nitrogens with one attached hydrogen (secondary N) is 1. The number of carbonyl (C=O) groups is 1. The molecule has 112 valence electrons. The summed E-state index contributed by atoms with van der Waals surface area (Å²) in [6.07, 6.45) is 0. The molecular formula is C14H7BrF2N2OS2. The molecule has 3 nitrogen and oxygen atoms in total. The molecule has 3 aromatic rings. The summed E-state index contributed by atoms with van der Waals surface area (Å²) in [5.74, 6) is -2.10. The Bertz CT molecular complexity index is 847. The second kappa shape index (κ2) is 6.23. The molecule has 0 aliphatic carbocycles. The summed E-state index contributed by atoms with van der Waals surface area (Å²) >= 11 is 5.82. The van der Waals surface area contributed by atoms with Crippen LogP contribution >= 0.6 is 38.6 Å². The lowest BCUT2D eigenvalue weighted by Crippen LogP contribution is -2.09. The molecule has 1 aromatic carbocycles. The van der Waals surface area contributed by atoms with Crippen LogP contribution in [0.2, 0.25) is 0 Å². The summed E-state index contributed by atoms with van der Waals surface area (Å²) in [5, 5.41) is 4.75. The molecule has 0 bridgehead atoms. The van der Waals surface area contributed by atoms with Crippen LogP contribution in [0.3, 0.4) is 0 Å². The van der Waals surface area contributed by atoms with E-state index in [1.807, 2.05) is 0 Å². The Morgan fingerprint density at radius 2 is 2.00 bits per heavy atom. The molecule has 0 atom stereocenters. The fraction of sp³-hybridized carbons (Fsp3) is 0. The summed E-state index contributed by atoms with van der Waals surface area (Å²) < 4.78 is 27.0. The number of carbonyl (C=O) groups excluding carboxylic acids is 1. The molecule has 2 heterocycles. The van der Waals surface area contributed by atoms with Crippen LogP contribution in [0.1, 0.15) is 9.67 Å². The Morgan fingerprint density at radius 3 is 2.68 bits per heavy atom. The number of halogens is 3. The van der Waals surface area contributed by atoms with Crippen LogP contribution in [0, 0.1) is 11.6 Å². The molecular weight excluding hydrogens is 394 g/mol. The van der Waals surface area contributed by atoms with Crippen LogP contribution in [0.4, 0.5) is 13.9 Å². The van der Waals surface area contributed by atoms with E-state index in [0.29, 0.717) is 21.3 Å². The Hall–Kier alpha value is -1.64. The van der Waals surface area contributed by atoms with E-state index in [1.54, 1.807) is 17.5 Å². The van der Waals surface area contributed by atoms with Gasteiger partial charge in [-0.05, 0) is 46.3 Å². The largest absolute Gasteiger partial charge is 0.297 e. The van der Waals surface area contributed by atoms with Crippen molar-refractivity contribution in [3.63, 3.8) is 0 Å². The van der Waals surface area contributed by atoms with Crippen LogP contribution in [0.25, 0.3) is 11.3 Å². The maximum absolute atomic E-state index is 13.2. The minimum atomic E-state index is -0.931. The zero-order valence-corrected chi connectivity index (χ0v) is 14.0. The van der Waals surface area contributed by atoms with Gasteiger partial charge in [0.05, 0.1) is 14.4 Å². The van der Waals surface area contributed by atoms with Gasteiger partial charge in [-0.1, -0.05) is 0 Å². The molecule has 22 heavy (non-hydrogen) atoms. The number of amides is 1. The third-order valence-corrected chi connectivity index (χ3v) is 5.12. The number of benzene rings is 1. The third-order valence-electron chi connectivity index (χ3n) is 2.74. The fourth-order valence-electron chi connectivity index (χ4n) is 1.71. The number of hydrogen-bond acceptors (Lipinski definition) is 4. The molecule has 1 N–H and O–H groups in total. The van der Waals surface area contributed by atoms with Crippen molar-refractivity contribution in [2.24, 2.45) is 0 Å². The van der Waals surface area contributed by atoms with Crippen molar-refractivity contribution < 1.29 is 13.6 Å². The van der Waals surface area contributed by atoms with Crippen molar-refractivity contribution in [1.82, 2.24) is 4.98 Å². The monoisotopic (exact) mass is 400 g/mol. The van der Waals surface area contributed by atoms with E-state index in [-0.39, 0.29) is 5.91 Å². The molecule has 0 fully saturated rings. The van der Waals surface area contributed by atoms with Gasteiger partial charge < -0.3 is 0 Å². The highest BCUT2D eigenvalue weighted by molar-refractivity contribution is 9.11. The van der Waals surface area contributed by atoms with E-state index in [0.717, 1.165) is 15.9 Å². The lowest BCUT2D eigenvalue weighted by Gasteiger charge is -1.99. The highest BCUT2D eigenvalue weighted by Crippen LogP contribution is 2.27. The van der Waals surface area contributed by atoms with Gasteiger partial charge in [0.15, 0.2) is 16.8 Å². The predicted molar refractivity (Wildman–Crippen MR) is 87.4 cm³/mol. The minimum absolute atomic E-state index is 0.262. The molecule has 0 aliphatic rings. The highest BCUT2D eigenvalue weighted by atomic mass is 79.9. The number of nitrogens with zero attached hydrogens (tertiary/aromatic N) is 1. The number of thiophene rings is 1. The van der Waals surface area contributed by atoms with E-state index in [2.05, 4.69) is 26.2 Å². The minimum Gasteiger partial charge on any atom is -0.297 e. The average molecular weight is 401 g/mol. The van der Waals surface area contributed by atoms with Gasteiger partial charge in [0.25, 0.3) is 5.91 Å². The van der Waals surface area contributed by atoms with Gasteiger partial charge in [-0.3, -0.25) is 10.1 Å². The van der Waals surface area contributed by atoms with Crippen molar-refractivity contribution in [3.05, 3.63) is 56.0 Å². The number of aromatic nitrogens is 1. The van der Waals surface area contributed by atoms with Gasteiger partial charge in [0.1, 0.15) is 0 Å². The van der Waals surface area contributed by atoms with Gasteiger partial charge in [-0.25, -0.2) is 13.8 Å². The second-order valence-electron chi connectivity index (χ2n) is 4.22. The number of hydrogen-bond donors (Lipinski definition) is 1. The van der Waals surface area contributed by atoms with Crippen LogP contribution in [-0.2, 0) is 0 Å². The number of anilines is 1. The van der Waals surface area contributed by atoms with Crippen molar-refractivity contribution >= 4 is 49.6 Å². The van der Waals surface area contributed by atoms with Crippen LogP contribution in [0.15, 0.2) is 39.5 Å². The molecule has 0 unspecified atom stereocenters. The predicted octanol–water partition coefficient (Wildman–Crippen LogP) is 5.16. The topological polar surface area (TPSA) is 42.0 Å². The molecule has 8 heteroatoms. The van der Waals surface area contributed by atoms with Gasteiger partial charge in [-0.15, -0.1) is 22.7 Å². The first-order chi connectivity index (χ1) is 10.5. The number of thiazole rings is 1. The lowest BCUT2D eigenvalue weighted by atomic mass is 10.2. The first-order valence-electron chi connectivity index (χ1n) is 6.00. The fourth-order valence-corrected chi connectivity index (χ4v) is 3.71. The van der Waals surface area contributed by atoms with E-state index in [1.165, 1.54) is 28.7 Å². The molecule has 3 rings (SSSR count). The summed E-state index contributed by atoms with van der Waals surface area (Å²) in [6.45, 7) is 0. The molecule has 0 aliphatic heterocycles. The van der Waals surface area contributed by atoms with Crippen LogP contribution in [0.5, 0.6) is 0 Å². The molecule has 1 amide bonds. The summed E-state index contributed by atoms with van der Waals surface area (Å²) in [7, 11) is 0. The zero-order valence-electron chi connectivity index (χ0n) is 10.8. The Kier molecular flexibility index (Phi) is 4.32. The van der Waals surface area contributed by atoms with Crippen LogP contribution < -0.4 is 5.32 Å². The van der Waals surface area contributed by atoms with Gasteiger partial charge in [0, 0.05) is 10.9 Å². The van der Waals surface area contributed by atoms with Crippen molar-refractivity contribution in [2.75, 3.05) is 5.32 Å². The smallest absolute Gasteiger partial charge is 0.267 e. The normalized spacial score (nSPS) is 10.7. The molecule has 0 saturated heterocycles. The maximum Gasteiger partial charge on any atom is 0.267 e. The van der Waals surface area contributed by atoms with E-state index in [9.17, 15) is 13.6 Å². The van der Waals surface area contributed by atoms with Crippen molar-refractivity contribution in [2.45, 2.75) is 0 Å². The SMILES string of the molecule is O=C(Nc1nc(-c2ccc(F)c(F)c2)cs1)c1ccc(Br)s1. The maximum atomic E-state index is 13.2. The van der Waals surface area contributed by atoms with Crippen molar-refractivity contribution in [1.29, 1.82) is 0 Å². The summed E-state index contributed by atoms with van der Waals surface area (Å²) in [6, 6.07) is 7.05. The Morgan fingerprint density at radius 1 is 1.18 bits per heavy atom. The lowest BCUT2D eigenvalue weighted by molar-refractivity contribution is 0.103. The van der Waals surface area contributed by atoms with E-state index in [4.69, 9.17) is 0 Å². The van der Waals surface area contributed by atoms with Gasteiger partial charge >= 0.3 is 0 Å².